The van der Waals surface area contributed by atoms with Crippen LogP contribution in [0.4, 0.5) is 0 Å². The zero-order valence-electron chi connectivity index (χ0n) is 8.72. The molecule has 0 aliphatic heterocycles. The SMILES string of the molecule is CNC(=O)C(C)NCc1cn[nH]c1C. The average Bonchev–Trinajstić information content (AvgIpc) is 2.59. The first-order valence-corrected chi connectivity index (χ1v) is 4.59. The Morgan fingerprint density at radius 3 is 2.93 bits per heavy atom. The molecule has 0 saturated heterocycles. The van der Waals surface area contributed by atoms with Crippen molar-refractivity contribution in [3.05, 3.63) is 17.5 Å². The third kappa shape index (κ3) is 2.56. The van der Waals surface area contributed by atoms with Crippen LogP contribution in [0.15, 0.2) is 6.20 Å². The van der Waals surface area contributed by atoms with E-state index in [2.05, 4.69) is 20.8 Å². The molecule has 1 aromatic rings. The number of hydrogen-bond acceptors (Lipinski definition) is 3. The standard InChI is InChI=1S/C9H16N4O/c1-6-8(5-12-13-6)4-11-7(2)9(14)10-3/h5,7,11H,4H2,1-3H3,(H,10,14)(H,12,13). The lowest BCUT2D eigenvalue weighted by atomic mass is 10.2. The van der Waals surface area contributed by atoms with Gasteiger partial charge in [-0.1, -0.05) is 0 Å². The number of likely N-dealkylation sites (N-methyl/N-ethyl adjacent to an activating group) is 1. The zero-order chi connectivity index (χ0) is 10.6. The number of nitrogens with one attached hydrogen (secondary N) is 3. The fourth-order valence-corrected chi connectivity index (χ4v) is 1.13. The van der Waals surface area contributed by atoms with E-state index in [1.807, 2.05) is 13.8 Å². The highest BCUT2D eigenvalue weighted by molar-refractivity contribution is 5.80. The van der Waals surface area contributed by atoms with E-state index in [9.17, 15) is 4.79 Å². The molecule has 1 heterocycles. The summed E-state index contributed by atoms with van der Waals surface area (Å²) < 4.78 is 0. The monoisotopic (exact) mass is 196 g/mol. The lowest BCUT2D eigenvalue weighted by molar-refractivity contribution is -0.122. The van der Waals surface area contributed by atoms with Crippen molar-refractivity contribution in [1.82, 2.24) is 20.8 Å². The van der Waals surface area contributed by atoms with Gasteiger partial charge < -0.3 is 10.6 Å². The summed E-state index contributed by atoms with van der Waals surface area (Å²) in [4.78, 5) is 11.2. The smallest absolute Gasteiger partial charge is 0.236 e. The predicted molar refractivity (Wildman–Crippen MR) is 53.7 cm³/mol. The van der Waals surface area contributed by atoms with E-state index in [0.717, 1.165) is 11.3 Å². The maximum atomic E-state index is 11.2. The third-order valence-corrected chi connectivity index (χ3v) is 2.17. The third-order valence-electron chi connectivity index (χ3n) is 2.17. The number of nitrogens with zero attached hydrogens (tertiary/aromatic N) is 1. The van der Waals surface area contributed by atoms with Crippen molar-refractivity contribution >= 4 is 5.91 Å². The van der Waals surface area contributed by atoms with Crippen LogP contribution in [-0.4, -0.2) is 29.2 Å². The van der Waals surface area contributed by atoms with Crippen LogP contribution in [0.1, 0.15) is 18.2 Å². The molecule has 0 aliphatic carbocycles. The molecule has 3 N–H and O–H groups in total. The van der Waals surface area contributed by atoms with Gasteiger partial charge in [-0.15, -0.1) is 0 Å². The molecule has 0 aliphatic rings. The molecule has 0 saturated carbocycles. The van der Waals surface area contributed by atoms with Crippen molar-refractivity contribution in [2.24, 2.45) is 0 Å². The van der Waals surface area contributed by atoms with Crippen LogP contribution in [0.5, 0.6) is 0 Å². The highest BCUT2D eigenvalue weighted by atomic mass is 16.2. The molecule has 5 nitrogen and oxygen atoms in total. The van der Waals surface area contributed by atoms with Crippen LogP contribution in [0.3, 0.4) is 0 Å². The molecule has 1 unspecified atom stereocenters. The Balaban J connectivity index is 2.41. The first-order valence-electron chi connectivity index (χ1n) is 4.59. The van der Waals surface area contributed by atoms with Crippen molar-refractivity contribution in [1.29, 1.82) is 0 Å². The summed E-state index contributed by atoms with van der Waals surface area (Å²) in [5.74, 6) is -0.00820. The summed E-state index contributed by atoms with van der Waals surface area (Å²) in [6, 6.07) is -0.186. The largest absolute Gasteiger partial charge is 0.358 e. The number of H-pyrrole nitrogens is 1. The fourth-order valence-electron chi connectivity index (χ4n) is 1.13. The fraction of sp³-hybridized carbons (Fsp3) is 0.556. The second-order valence-corrected chi connectivity index (χ2v) is 3.24. The van der Waals surface area contributed by atoms with Gasteiger partial charge in [0.15, 0.2) is 0 Å². The second kappa shape index (κ2) is 4.76. The lowest BCUT2D eigenvalue weighted by Gasteiger charge is -2.11. The minimum Gasteiger partial charge on any atom is -0.358 e. The van der Waals surface area contributed by atoms with Crippen molar-refractivity contribution < 1.29 is 4.79 Å². The summed E-state index contributed by atoms with van der Waals surface area (Å²) >= 11 is 0. The maximum absolute atomic E-state index is 11.2. The Bertz CT molecular complexity index is 308. The highest BCUT2D eigenvalue weighted by Gasteiger charge is 2.10. The molecule has 78 valence electrons. The van der Waals surface area contributed by atoms with Crippen molar-refractivity contribution in [2.75, 3.05) is 7.05 Å². The summed E-state index contributed by atoms with van der Waals surface area (Å²) in [7, 11) is 1.63. The van der Waals surface area contributed by atoms with Crippen molar-refractivity contribution in [3.8, 4) is 0 Å². The van der Waals surface area contributed by atoms with E-state index in [0.29, 0.717) is 6.54 Å². The van der Waals surface area contributed by atoms with Gasteiger partial charge in [0.05, 0.1) is 12.2 Å². The Morgan fingerprint density at radius 1 is 1.71 bits per heavy atom. The van der Waals surface area contributed by atoms with Gasteiger partial charge in [-0.05, 0) is 13.8 Å². The van der Waals surface area contributed by atoms with E-state index in [-0.39, 0.29) is 11.9 Å². The van der Waals surface area contributed by atoms with E-state index in [1.54, 1.807) is 13.2 Å². The molecule has 5 heteroatoms. The van der Waals surface area contributed by atoms with Crippen LogP contribution >= 0.6 is 0 Å². The minimum absolute atomic E-state index is 0.00820. The van der Waals surface area contributed by atoms with E-state index >= 15 is 0 Å². The molecule has 1 aromatic heterocycles. The van der Waals surface area contributed by atoms with Gasteiger partial charge >= 0.3 is 0 Å². The van der Waals surface area contributed by atoms with Gasteiger partial charge in [0.25, 0.3) is 0 Å². The summed E-state index contributed by atoms with van der Waals surface area (Å²) in [5, 5.41) is 12.4. The van der Waals surface area contributed by atoms with Crippen LogP contribution in [0, 0.1) is 6.92 Å². The number of amides is 1. The highest BCUT2D eigenvalue weighted by Crippen LogP contribution is 2.01. The van der Waals surface area contributed by atoms with Crippen LogP contribution < -0.4 is 10.6 Å². The van der Waals surface area contributed by atoms with E-state index in [4.69, 9.17) is 0 Å². The first kappa shape index (κ1) is 10.7. The van der Waals surface area contributed by atoms with Gasteiger partial charge in [-0.3, -0.25) is 9.89 Å². The molecular formula is C9H16N4O. The van der Waals surface area contributed by atoms with Gasteiger partial charge in [0, 0.05) is 24.8 Å². The molecule has 0 spiro atoms. The number of aromatic amines is 1. The van der Waals surface area contributed by atoms with E-state index in [1.165, 1.54) is 0 Å². The number of carbonyl (C=O) groups excluding carboxylic acids is 1. The van der Waals surface area contributed by atoms with Crippen LogP contribution in [-0.2, 0) is 11.3 Å². The number of hydrogen-bond donors (Lipinski definition) is 3. The minimum atomic E-state index is -0.186. The molecule has 0 radical (unpaired) electrons. The first-order chi connectivity index (χ1) is 6.65. The Hall–Kier alpha value is -1.36. The van der Waals surface area contributed by atoms with Crippen LogP contribution in [0.2, 0.25) is 0 Å². The molecule has 1 amide bonds. The van der Waals surface area contributed by atoms with Crippen LogP contribution in [0.25, 0.3) is 0 Å². The Kier molecular flexibility index (Phi) is 3.64. The van der Waals surface area contributed by atoms with Crippen molar-refractivity contribution in [2.45, 2.75) is 26.4 Å². The lowest BCUT2D eigenvalue weighted by Crippen LogP contribution is -2.40. The van der Waals surface area contributed by atoms with Gasteiger partial charge in [0.2, 0.25) is 5.91 Å². The summed E-state index contributed by atoms with van der Waals surface area (Å²) in [6.07, 6.45) is 1.76. The zero-order valence-corrected chi connectivity index (χ0v) is 8.72. The van der Waals surface area contributed by atoms with Gasteiger partial charge in [0.1, 0.15) is 0 Å². The Morgan fingerprint density at radius 2 is 2.43 bits per heavy atom. The quantitative estimate of drug-likeness (QED) is 0.632. The number of aryl methyl sites for hydroxylation is 1. The summed E-state index contributed by atoms with van der Waals surface area (Å²) in [6.45, 7) is 4.43. The topological polar surface area (TPSA) is 69.8 Å². The van der Waals surface area contributed by atoms with Gasteiger partial charge in [-0.25, -0.2) is 0 Å². The number of rotatable bonds is 4. The average molecular weight is 196 g/mol. The molecule has 0 bridgehead atoms. The summed E-state index contributed by atoms with van der Waals surface area (Å²) in [5.41, 5.74) is 2.11. The molecular weight excluding hydrogens is 180 g/mol. The maximum Gasteiger partial charge on any atom is 0.236 e. The molecule has 0 fully saturated rings. The predicted octanol–water partition coefficient (Wildman–Crippen LogP) is -0.0578. The number of aromatic nitrogens is 2. The molecule has 1 atom stereocenters. The van der Waals surface area contributed by atoms with E-state index < -0.39 is 0 Å². The normalized spacial score (nSPS) is 12.5. The Labute approximate surface area is 83.3 Å². The molecule has 1 rings (SSSR count). The molecule has 0 aromatic carbocycles. The number of carbonyl (C=O) groups is 1. The van der Waals surface area contributed by atoms with Gasteiger partial charge in [-0.2, -0.15) is 5.10 Å². The van der Waals surface area contributed by atoms with Crippen molar-refractivity contribution in [3.63, 3.8) is 0 Å². The molecule has 14 heavy (non-hydrogen) atoms. The second-order valence-electron chi connectivity index (χ2n) is 3.24.